The van der Waals surface area contributed by atoms with E-state index in [-0.39, 0.29) is 12.4 Å². The first kappa shape index (κ1) is 31.7. The van der Waals surface area contributed by atoms with Crippen LogP contribution in [-0.4, -0.2) is 40.9 Å². The van der Waals surface area contributed by atoms with E-state index in [0.29, 0.717) is 5.75 Å². The van der Waals surface area contributed by atoms with E-state index < -0.39 is 0 Å². The van der Waals surface area contributed by atoms with Crippen molar-refractivity contribution in [1.82, 2.24) is 34.9 Å². The summed E-state index contributed by atoms with van der Waals surface area (Å²) in [7, 11) is 0. The maximum absolute atomic E-state index is 12.3. The molecule has 0 amide bonds. The van der Waals surface area contributed by atoms with Gasteiger partial charge in [-0.15, -0.1) is 0 Å². The lowest BCUT2D eigenvalue weighted by atomic mass is 10.0. The molecule has 0 saturated heterocycles. The second-order valence-corrected chi connectivity index (χ2v) is 12.7. The van der Waals surface area contributed by atoms with E-state index in [0.717, 1.165) is 88.7 Å². The number of hydrogen-bond donors (Lipinski definition) is 4. The number of carbonyl (C=O) groups is 1. The molecule has 0 fully saturated rings. The number of carbonyl (C=O) groups excluding carboxylic acids is 1. The van der Waals surface area contributed by atoms with Gasteiger partial charge < -0.3 is 24.7 Å². The number of pyridine rings is 3. The minimum absolute atomic E-state index is 0.282. The molecule has 0 radical (unpaired) electrons. The third-order valence-corrected chi connectivity index (χ3v) is 9.45. The van der Waals surface area contributed by atoms with Crippen LogP contribution >= 0.6 is 0 Å². The number of ether oxygens (including phenoxy) is 1. The van der Waals surface area contributed by atoms with Gasteiger partial charge in [-0.2, -0.15) is 0 Å². The Hall–Kier alpha value is -7.26. The Bertz CT molecular complexity index is 2860. The first-order chi connectivity index (χ1) is 26.1. The summed E-state index contributed by atoms with van der Waals surface area (Å²) >= 11 is 0. The van der Waals surface area contributed by atoms with Crippen molar-refractivity contribution in [3.8, 4) is 5.75 Å². The molecule has 1 aliphatic heterocycles. The smallest absolute Gasteiger partial charge is 0.310 e. The van der Waals surface area contributed by atoms with E-state index in [9.17, 15) is 4.79 Å². The van der Waals surface area contributed by atoms with Crippen molar-refractivity contribution in [3.63, 3.8) is 0 Å². The van der Waals surface area contributed by atoms with Crippen LogP contribution in [-0.2, 0) is 4.79 Å². The minimum atomic E-state index is -0.289. The Labute approximate surface area is 303 Å². The van der Waals surface area contributed by atoms with Crippen molar-refractivity contribution in [3.05, 3.63) is 213 Å². The molecule has 8 bridgehead atoms. The van der Waals surface area contributed by atoms with Crippen LogP contribution in [0.15, 0.2) is 146 Å². The van der Waals surface area contributed by atoms with E-state index in [2.05, 4.69) is 83.4 Å². The summed E-state index contributed by atoms with van der Waals surface area (Å²) in [4.78, 5) is 40.3. The van der Waals surface area contributed by atoms with Gasteiger partial charge >= 0.3 is 5.97 Å². The van der Waals surface area contributed by atoms with Gasteiger partial charge in [0, 0.05) is 110 Å². The predicted molar refractivity (Wildman–Crippen MR) is 203 cm³/mol. The Morgan fingerprint density at radius 3 is 1.23 bits per heavy atom. The molecule has 8 heterocycles. The average molecular weight is 692 g/mol. The normalized spacial score (nSPS) is 12.6. The van der Waals surface area contributed by atoms with Crippen LogP contribution in [0.5, 0.6) is 5.75 Å². The van der Waals surface area contributed by atoms with Gasteiger partial charge in [0.25, 0.3) is 0 Å². The highest BCUT2D eigenvalue weighted by Crippen LogP contribution is 2.28. The zero-order chi connectivity index (χ0) is 35.7. The lowest BCUT2D eigenvalue weighted by Crippen LogP contribution is -2.19. The number of fused-ring (bicyclic) bond motifs is 8. The second-order valence-electron chi connectivity index (χ2n) is 12.7. The number of nitrogens with one attached hydrogen (secondary N) is 4. The summed E-state index contributed by atoms with van der Waals surface area (Å²) in [6.07, 6.45) is 11.1. The van der Waals surface area contributed by atoms with Gasteiger partial charge in [0.2, 0.25) is 0 Å². The van der Waals surface area contributed by atoms with Gasteiger partial charge in [-0.3, -0.25) is 19.7 Å². The molecule has 0 atom stereocenters. The first-order valence-corrected chi connectivity index (χ1v) is 17.4. The van der Waals surface area contributed by atoms with Gasteiger partial charge in [-0.1, -0.05) is 19.1 Å². The van der Waals surface area contributed by atoms with Crippen molar-refractivity contribution in [2.75, 3.05) is 0 Å². The molecule has 9 heteroatoms. The summed E-state index contributed by atoms with van der Waals surface area (Å²) < 4.78 is 5.68. The molecule has 7 aromatic heterocycles. The third-order valence-electron chi connectivity index (χ3n) is 9.45. The highest BCUT2D eigenvalue weighted by atomic mass is 16.5. The summed E-state index contributed by atoms with van der Waals surface area (Å²) in [6.45, 7) is 1.79. The maximum Gasteiger partial charge on any atom is 0.310 e. The quantitative estimate of drug-likeness (QED) is 0.147. The molecule has 0 saturated carbocycles. The summed E-state index contributed by atoms with van der Waals surface area (Å²) in [5.74, 6) is 0.197. The molecule has 1 aliphatic rings. The highest BCUT2D eigenvalue weighted by molar-refractivity contribution is 5.85. The zero-order valence-electron chi connectivity index (χ0n) is 28.7. The number of benzene rings is 1. The fourth-order valence-corrected chi connectivity index (χ4v) is 7.05. The van der Waals surface area contributed by atoms with E-state index in [1.807, 2.05) is 91.8 Å². The first-order valence-electron chi connectivity index (χ1n) is 17.4. The van der Waals surface area contributed by atoms with Crippen molar-refractivity contribution < 1.29 is 9.53 Å². The number of rotatable bonds is 6. The van der Waals surface area contributed by atoms with Gasteiger partial charge in [0.1, 0.15) is 5.75 Å². The molecule has 9 rings (SSSR count). The van der Waals surface area contributed by atoms with Gasteiger partial charge in [-0.25, -0.2) is 0 Å². The van der Waals surface area contributed by atoms with Crippen LogP contribution in [0.3, 0.4) is 0 Å². The Morgan fingerprint density at radius 1 is 0.472 bits per heavy atom. The number of esters is 1. The number of H-pyrrole nitrogens is 4. The Balaban J connectivity index is 1.40. The molecule has 0 spiro atoms. The summed E-state index contributed by atoms with van der Waals surface area (Å²) in [6, 6.07) is 36.7. The second kappa shape index (κ2) is 13.5. The lowest BCUT2D eigenvalue weighted by Gasteiger charge is -2.10. The summed E-state index contributed by atoms with van der Waals surface area (Å²) in [5, 5.41) is 3.69. The standard InChI is InChI=1S/C44H33N7O2/c1-2-40(52)53-31-5-3-4-30(26-31)44-38-12-10-36(50-38)42(28-16-22-46-23-17-28)34-8-6-32(48-34)41(27-14-20-45-21-15-27)33-7-9-35(49-33)43(29-18-24-47-25-19-29)37-11-13-39(44)51-37/h3-26,48-51H,2H2,1H3. The molecule has 1 aromatic carbocycles. The van der Waals surface area contributed by atoms with E-state index in [1.54, 1.807) is 13.0 Å². The zero-order valence-corrected chi connectivity index (χ0v) is 28.7. The Kier molecular flexibility index (Phi) is 8.05. The number of aromatic amines is 4. The van der Waals surface area contributed by atoms with Gasteiger partial charge in [-0.05, 0) is 119 Å². The van der Waals surface area contributed by atoms with Gasteiger partial charge in [0.05, 0.1) is 0 Å². The molecule has 8 aromatic rings. The van der Waals surface area contributed by atoms with Crippen LogP contribution in [0.1, 0.15) is 58.4 Å². The highest BCUT2D eigenvalue weighted by Gasteiger charge is 2.18. The van der Waals surface area contributed by atoms with E-state index in [4.69, 9.17) is 4.74 Å². The number of nitrogens with zero attached hydrogens (tertiary/aromatic N) is 3. The van der Waals surface area contributed by atoms with Crippen LogP contribution in [0.4, 0.5) is 0 Å². The third kappa shape index (κ3) is 6.00. The molecule has 256 valence electrons. The van der Waals surface area contributed by atoms with Crippen LogP contribution in [0, 0.1) is 0 Å². The molecular weight excluding hydrogens is 659 g/mol. The maximum atomic E-state index is 12.3. The SMILES string of the molecule is CCC(=O)Oc1cccc(C2=c3ccc([nH]3)=C(c3ccncc3)c3ccc([nH]3)C(c3ccncc3)=c3ccc([nH]3)=C(c3ccncc3)c3ccc2[nH]3)c1. The molecule has 9 nitrogen and oxygen atoms in total. The largest absolute Gasteiger partial charge is 0.427 e. The summed E-state index contributed by atoms with van der Waals surface area (Å²) in [5.41, 5.74) is 11.5. The molecule has 0 unspecified atom stereocenters. The monoisotopic (exact) mass is 691 g/mol. The fraction of sp³-hybridized carbons (Fsp3) is 0.0455. The van der Waals surface area contributed by atoms with E-state index in [1.165, 1.54) is 0 Å². The van der Waals surface area contributed by atoms with Crippen molar-refractivity contribution in [2.24, 2.45) is 0 Å². The number of aromatic nitrogens is 7. The topological polar surface area (TPSA) is 128 Å². The van der Waals surface area contributed by atoms with Crippen LogP contribution in [0.2, 0.25) is 0 Å². The van der Waals surface area contributed by atoms with Crippen molar-refractivity contribution >= 4 is 28.3 Å². The van der Waals surface area contributed by atoms with E-state index >= 15 is 0 Å². The average Bonchev–Trinajstić information content (AvgIpc) is 4.04. The molecule has 4 N–H and O–H groups in total. The Morgan fingerprint density at radius 2 is 0.849 bits per heavy atom. The lowest BCUT2D eigenvalue weighted by molar-refractivity contribution is -0.134. The van der Waals surface area contributed by atoms with Crippen molar-refractivity contribution in [2.45, 2.75) is 13.3 Å². The molecular formula is C44H33N7O2. The van der Waals surface area contributed by atoms with Crippen LogP contribution in [0.25, 0.3) is 22.3 Å². The van der Waals surface area contributed by atoms with Crippen molar-refractivity contribution in [1.29, 1.82) is 0 Å². The minimum Gasteiger partial charge on any atom is -0.427 e. The van der Waals surface area contributed by atoms with Gasteiger partial charge in [0.15, 0.2) is 0 Å². The molecule has 0 aliphatic carbocycles. The molecule has 53 heavy (non-hydrogen) atoms. The predicted octanol–water partition coefficient (Wildman–Crippen LogP) is 4.80. The van der Waals surface area contributed by atoms with Crippen LogP contribution < -0.4 is 26.1 Å². The fourth-order valence-electron chi connectivity index (χ4n) is 7.05. The number of hydrogen-bond acceptors (Lipinski definition) is 5.